The Hall–Kier alpha value is -3.51. The number of fused-ring (bicyclic) bond motifs is 1. The van der Waals surface area contributed by atoms with Crippen molar-refractivity contribution in [2.45, 2.75) is 17.7 Å². The van der Waals surface area contributed by atoms with Crippen LogP contribution in [0.15, 0.2) is 94.4 Å². The van der Waals surface area contributed by atoms with Gasteiger partial charge < -0.3 is 10.1 Å². The van der Waals surface area contributed by atoms with Crippen LogP contribution in [0.5, 0.6) is 5.75 Å². The van der Waals surface area contributed by atoms with Crippen molar-refractivity contribution in [3.05, 3.63) is 95.0 Å². The van der Waals surface area contributed by atoms with Crippen LogP contribution in [0.1, 0.15) is 18.4 Å². The molecule has 5 rings (SSSR count). The van der Waals surface area contributed by atoms with Crippen molar-refractivity contribution < 1.29 is 9.53 Å². The van der Waals surface area contributed by atoms with E-state index in [0.717, 1.165) is 21.2 Å². The maximum atomic E-state index is 13.8. The second-order valence-corrected chi connectivity index (χ2v) is 8.28. The zero-order chi connectivity index (χ0) is 21.4. The highest BCUT2D eigenvalue weighted by molar-refractivity contribution is 8.03. The molecule has 3 aromatic rings. The molecular weight excluding hydrogens is 406 g/mol. The normalized spacial score (nSPS) is 20.0. The van der Waals surface area contributed by atoms with E-state index in [1.807, 2.05) is 85.8 Å². The van der Waals surface area contributed by atoms with Gasteiger partial charge in [0.25, 0.3) is 0 Å². The SMILES string of the molecule is CCOc1ccccc1N1C(=N)/C(=C2/Nc3ccccc3S2)C(c2ccccc2)C1=O. The lowest BCUT2D eigenvalue weighted by atomic mass is 9.93. The van der Waals surface area contributed by atoms with Gasteiger partial charge >= 0.3 is 0 Å². The van der Waals surface area contributed by atoms with E-state index >= 15 is 0 Å². The summed E-state index contributed by atoms with van der Waals surface area (Å²) in [6.07, 6.45) is 0. The van der Waals surface area contributed by atoms with Crippen LogP contribution in [0.4, 0.5) is 11.4 Å². The number of nitrogens with one attached hydrogen (secondary N) is 2. The maximum absolute atomic E-state index is 13.8. The van der Waals surface area contributed by atoms with Gasteiger partial charge in [-0.05, 0) is 36.8 Å². The number of nitrogens with zero attached hydrogens (tertiary/aromatic N) is 1. The highest BCUT2D eigenvalue weighted by Gasteiger charge is 2.46. The smallest absolute Gasteiger partial charge is 0.245 e. The fourth-order valence-corrected chi connectivity index (χ4v) is 5.09. The first kappa shape index (κ1) is 19.5. The number of thioether (sulfide) groups is 1. The predicted octanol–water partition coefficient (Wildman–Crippen LogP) is 5.62. The summed E-state index contributed by atoms with van der Waals surface area (Å²) in [6, 6.07) is 25.1. The van der Waals surface area contributed by atoms with Crippen molar-refractivity contribution in [2.75, 3.05) is 16.8 Å². The van der Waals surface area contributed by atoms with Crippen molar-refractivity contribution in [3.63, 3.8) is 0 Å². The Bertz CT molecular complexity index is 1180. The van der Waals surface area contributed by atoms with Crippen molar-refractivity contribution in [2.24, 2.45) is 0 Å². The van der Waals surface area contributed by atoms with E-state index in [0.29, 0.717) is 23.6 Å². The molecule has 0 saturated carbocycles. The van der Waals surface area contributed by atoms with Crippen LogP contribution >= 0.6 is 11.8 Å². The van der Waals surface area contributed by atoms with E-state index in [2.05, 4.69) is 5.32 Å². The number of carbonyl (C=O) groups excluding carboxylic acids is 1. The molecule has 2 heterocycles. The predicted molar refractivity (Wildman–Crippen MR) is 125 cm³/mol. The third-order valence-corrected chi connectivity index (χ3v) is 6.47. The number of amides is 1. The van der Waals surface area contributed by atoms with Gasteiger partial charge in [0.05, 0.1) is 28.9 Å². The number of amidine groups is 1. The van der Waals surface area contributed by atoms with Crippen LogP contribution in [0, 0.1) is 5.41 Å². The minimum absolute atomic E-state index is 0.149. The van der Waals surface area contributed by atoms with E-state index < -0.39 is 5.92 Å². The number of hydrogen-bond donors (Lipinski definition) is 2. The molecule has 6 heteroatoms. The van der Waals surface area contributed by atoms with E-state index in [1.54, 1.807) is 11.8 Å². The number of benzene rings is 3. The molecule has 2 aliphatic rings. The molecule has 1 unspecified atom stereocenters. The zero-order valence-corrected chi connectivity index (χ0v) is 17.8. The minimum atomic E-state index is -0.562. The first-order valence-electron chi connectivity index (χ1n) is 10.2. The number of carbonyl (C=O) groups is 1. The number of para-hydroxylation sites is 3. The first-order valence-corrected chi connectivity index (χ1v) is 11.0. The largest absolute Gasteiger partial charge is 0.492 e. The summed E-state index contributed by atoms with van der Waals surface area (Å²) in [5, 5.41) is 13.3. The van der Waals surface area contributed by atoms with Gasteiger partial charge in [0.1, 0.15) is 11.6 Å². The van der Waals surface area contributed by atoms with Gasteiger partial charge in [0.2, 0.25) is 5.91 Å². The molecule has 1 fully saturated rings. The molecule has 0 spiro atoms. The molecule has 0 radical (unpaired) electrons. The Balaban J connectivity index is 1.66. The van der Waals surface area contributed by atoms with Crippen LogP contribution in [0.2, 0.25) is 0 Å². The second kappa shape index (κ2) is 7.96. The lowest BCUT2D eigenvalue weighted by Crippen LogP contribution is -2.30. The monoisotopic (exact) mass is 427 g/mol. The lowest BCUT2D eigenvalue weighted by Gasteiger charge is -2.19. The Morgan fingerprint density at radius 1 is 1.00 bits per heavy atom. The molecule has 154 valence electrons. The molecule has 0 bridgehead atoms. The van der Waals surface area contributed by atoms with Crippen molar-refractivity contribution in [1.29, 1.82) is 5.41 Å². The van der Waals surface area contributed by atoms with E-state index in [-0.39, 0.29) is 11.7 Å². The van der Waals surface area contributed by atoms with E-state index in [1.165, 1.54) is 4.90 Å². The van der Waals surface area contributed by atoms with Gasteiger partial charge in [-0.15, -0.1) is 0 Å². The molecule has 31 heavy (non-hydrogen) atoms. The molecule has 1 amide bonds. The molecule has 0 aliphatic carbocycles. The number of ether oxygens (including phenoxy) is 1. The summed E-state index contributed by atoms with van der Waals surface area (Å²) >= 11 is 1.57. The Morgan fingerprint density at radius 3 is 2.48 bits per heavy atom. The molecule has 2 aliphatic heterocycles. The van der Waals surface area contributed by atoms with Crippen LogP contribution in [-0.2, 0) is 4.79 Å². The quantitative estimate of drug-likeness (QED) is 0.567. The fourth-order valence-electron chi connectivity index (χ4n) is 4.01. The highest BCUT2D eigenvalue weighted by Crippen LogP contribution is 2.48. The van der Waals surface area contributed by atoms with Crippen LogP contribution in [-0.4, -0.2) is 18.3 Å². The van der Waals surface area contributed by atoms with Gasteiger partial charge in [-0.3, -0.25) is 15.1 Å². The summed E-state index contributed by atoms with van der Waals surface area (Å²) in [4.78, 5) is 16.3. The second-order valence-electron chi connectivity index (χ2n) is 7.23. The molecule has 1 atom stereocenters. The van der Waals surface area contributed by atoms with Gasteiger partial charge in [-0.25, -0.2) is 0 Å². The Labute approximate surface area is 185 Å². The van der Waals surface area contributed by atoms with E-state index in [4.69, 9.17) is 10.1 Å². The lowest BCUT2D eigenvalue weighted by molar-refractivity contribution is -0.117. The molecule has 5 nitrogen and oxygen atoms in total. The van der Waals surface area contributed by atoms with E-state index in [9.17, 15) is 4.79 Å². The maximum Gasteiger partial charge on any atom is 0.245 e. The van der Waals surface area contributed by atoms with Crippen LogP contribution < -0.4 is 15.0 Å². The molecule has 0 aromatic heterocycles. The average molecular weight is 428 g/mol. The minimum Gasteiger partial charge on any atom is -0.492 e. The third kappa shape index (κ3) is 3.29. The third-order valence-electron chi connectivity index (χ3n) is 5.37. The van der Waals surface area contributed by atoms with Crippen molar-refractivity contribution in [1.82, 2.24) is 0 Å². The number of rotatable bonds is 4. The fraction of sp³-hybridized carbons (Fsp3) is 0.120. The Morgan fingerprint density at radius 2 is 1.71 bits per heavy atom. The number of anilines is 2. The van der Waals surface area contributed by atoms with Crippen molar-refractivity contribution >= 4 is 34.9 Å². The van der Waals surface area contributed by atoms with Crippen molar-refractivity contribution in [3.8, 4) is 5.75 Å². The summed E-state index contributed by atoms with van der Waals surface area (Å²) in [5.74, 6) is 0.0576. The van der Waals surface area contributed by atoms with Gasteiger partial charge in [0, 0.05) is 10.5 Å². The molecule has 3 aromatic carbocycles. The standard InChI is InChI=1S/C25H21N3O2S/c1-2-30-19-14-8-7-13-18(19)28-23(26)22(21(25(28)29)16-10-4-3-5-11-16)24-27-17-12-6-9-15-20(17)31-24/h3-15,21,26-27H,2H2,1H3/b24-22-,26-23?. The topological polar surface area (TPSA) is 65.4 Å². The highest BCUT2D eigenvalue weighted by atomic mass is 32.2. The zero-order valence-electron chi connectivity index (χ0n) is 17.0. The van der Waals surface area contributed by atoms with Crippen LogP contribution in [0.3, 0.4) is 0 Å². The van der Waals surface area contributed by atoms with Crippen LogP contribution in [0.25, 0.3) is 0 Å². The average Bonchev–Trinajstić information content (AvgIpc) is 3.33. The molecule has 2 N–H and O–H groups in total. The Kier molecular flexibility index (Phi) is 5.00. The summed E-state index contributed by atoms with van der Waals surface area (Å²) < 4.78 is 5.77. The number of hydrogen-bond acceptors (Lipinski definition) is 5. The summed E-state index contributed by atoms with van der Waals surface area (Å²) in [6.45, 7) is 2.39. The molecular formula is C25H21N3O2S. The molecule has 1 saturated heterocycles. The summed E-state index contributed by atoms with van der Waals surface area (Å²) in [5.41, 5.74) is 3.14. The first-order chi connectivity index (χ1) is 15.2. The van der Waals surface area contributed by atoms with Gasteiger partial charge in [0.15, 0.2) is 0 Å². The summed E-state index contributed by atoms with van der Waals surface area (Å²) in [7, 11) is 0. The van der Waals surface area contributed by atoms with Gasteiger partial charge in [-0.1, -0.05) is 66.4 Å². The van der Waals surface area contributed by atoms with Gasteiger partial charge in [-0.2, -0.15) is 0 Å².